The summed E-state index contributed by atoms with van der Waals surface area (Å²) < 4.78 is 0. The lowest BCUT2D eigenvalue weighted by Crippen LogP contribution is -2.26. The average Bonchev–Trinajstić information content (AvgIpc) is 2.05. The molecule has 3 heteroatoms. The SMILES string of the molecule is CC(CC#N)NCCCCCO. The smallest absolute Gasteiger partial charge is 0.0638 e. The first-order chi connectivity index (χ1) is 5.81. The molecule has 0 heterocycles. The normalized spacial score (nSPS) is 12.4. The zero-order valence-corrected chi connectivity index (χ0v) is 7.71. The van der Waals surface area contributed by atoms with Gasteiger partial charge in [0.15, 0.2) is 0 Å². The van der Waals surface area contributed by atoms with Crippen LogP contribution in [0.4, 0.5) is 0 Å². The first kappa shape index (κ1) is 11.4. The lowest BCUT2D eigenvalue weighted by Gasteiger charge is -2.08. The summed E-state index contributed by atoms with van der Waals surface area (Å²) in [4.78, 5) is 0. The van der Waals surface area contributed by atoms with E-state index in [9.17, 15) is 0 Å². The van der Waals surface area contributed by atoms with Gasteiger partial charge in [-0.1, -0.05) is 0 Å². The first-order valence-corrected chi connectivity index (χ1v) is 4.52. The summed E-state index contributed by atoms with van der Waals surface area (Å²) in [5, 5.41) is 20.1. The van der Waals surface area contributed by atoms with E-state index in [1.165, 1.54) is 0 Å². The van der Waals surface area contributed by atoms with E-state index in [1.807, 2.05) is 6.92 Å². The second-order valence-corrected chi connectivity index (χ2v) is 3.00. The van der Waals surface area contributed by atoms with Gasteiger partial charge in [-0.25, -0.2) is 0 Å². The number of unbranched alkanes of at least 4 members (excludes halogenated alkanes) is 2. The molecule has 0 amide bonds. The number of nitriles is 1. The highest BCUT2D eigenvalue weighted by atomic mass is 16.2. The molecule has 1 atom stereocenters. The van der Waals surface area contributed by atoms with Crippen LogP contribution in [0.1, 0.15) is 32.6 Å². The average molecular weight is 170 g/mol. The molecule has 0 bridgehead atoms. The Morgan fingerprint density at radius 2 is 2.17 bits per heavy atom. The summed E-state index contributed by atoms with van der Waals surface area (Å²) in [5.74, 6) is 0. The van der Waals surface area contributed by atoms with Gasteiger partial charge in [-0.2, -0.15) is 5.26 Å². The maximum absolute atomic E-state index is 8.50. The van der Waals surface area contributed by atoms with Crippen molar-refractivity contribution in [3.05, 3.63) is 0 Å². The number of hydrogen-bond acceptors (Lipinski definition) is 3. The quantitative estimate of drug-likeness (QED) is 0.561. The molecule has 0 spiro atoms. The molecule has 1 unspecified atom stereocenters. The maximum Gasteiger partial charge on any atom is 0.0638 e. The molecule has 2 N–H and O–H groups in total. The van der Waals surface area contributed by atoms with Gasteiger partial charge in [0.05, 0.1) is 12.5 Å². The summed E-state index contributed by atoms with van der Waals surface area (Å²) in [5.41, 5.74) is 0. The van der Waals surface area contributed by atoms with E-state index in [1.54, 1.807) is 0 Å². The topological polar surface area (TPSA) is 56.0 Å². The third-order valence-electron chi connectivity index (χ3n) is 1.73. The highest BCUT2D eigenvalue weighted by Gasteiger charge is 1.97. The third-order valence-corrected chi connectivity index (χ3v) is 1.73. The van der Waals surface area contributed by atoms with Crippen LogP contribution in [0.3, 0.4) is 0 Å². The van der Waals surface area contributed by atoms with E-state index in [0.717, 1.165) is 25.8 Å². The summed E-state index contributed by atoms with van der Waals surface area (Å²) in [7, 11) is 0. The molecule has 0 rings (SSSR count). The predicted octanol–water partition coefficient (Wildman–Crippen LogP) is 1.04. The molecule has 0 aromatic heterocycles. The van der Waals surface area contributed by atoms with Crippen molar-refractivity contribution in [2.45, 2.75) is 38.6 Å². The minimum absolute atomic E-state index is 0.285. The van der Waals surface area contributed by atoms with Crippen molar-refractivity contribution in [3.8, 4) is 6.07 Å². The monoisotopic (exact) mass is 170 g/mol. The van der Waals surface area contributed by atoms with Gasteiger partial charge in [0.2, 0.25) is 0 Å². The van der Waals surface area contributed by atoms with E-state index in [4.69, 9.17) is 10.4 Å². The Morgan fingerprint density at radius 3 is 2.75 bits per heavy atom. The highest BCUT2D eigenvalue weighted by molar-refractivity contribution is 4.76. The number of rotatable bonds is 7. The second-order valence-electron chi connectivity index (χ2n) is 3.00. The van der Waals surface area contributed by atoms with Crippen molar-refractivity contribution in [2.24, 2.45) is 0 Å². The Kier molecular flexibility index (Phi) is 8.09. The predicted molar refractivity (Wildman–Crippen MR) is 48.6 cm³/mol. The molecule has 0 aromatic carbocycles. The van der Waals surface area contributed by atoms with Crippen LogP contribution in [0.25, 0.3) is 0 Å². The van der Waals surface area contributed by atoms with Crippen LogP contribution < -0.4 is 5.32 Å². The van der Waals surface area contributed by atoms with Crippen molar-refractivity contribution < 1.29 is 5.11 Å². The molecule has 0 aliphatic rings. The number of nitrogens with one attached hydrogen (secondary N) is 1. The first-order valence-electron chi connectivity index (χ1n) is 4.52. The Balaban J connectivity index is 3.04. The van der Waals surface area contributed by atoms with E-state index >= 15 is 0 Å². The van der Waals surface area contributed by atoms with Crippen LogP contribution in [0.15, 0.2) is 0 Å². The molecule has 0 radical (unpaired) electrons. The fraction of sp³-hybridized carbons (Fsp3) is 0.889. The van der Waals surface area contributed by atoms with E-state index in [0.29, 0.717) is 12.5 Å². The Bertz CT molecular complexity index is 131. The molecule has 0 saturated heterocycles. The van der Waals surface area contributed by atoms with Gasteiger partial charge in [-0.15, -0.1) is 0 Å². The molecule has 0 fully saturated rings. The number of nitrogens with zero attached hydrogens (tertiary/aromatic N) is 1. The molecule has 0 aliphatic heterocycles. The molecule has 3 nitrogen and oxygen atoms in total. The van der Waals surface area contributed by atoms with E-state index in [-0.39, 0.29) is 6.61 Å². The van der Waals surface area contributed by atoms with Gasteiger partial charge in [0.1, 0.15) is 0 Å². The number of aliphatic hydroxyl groups is 1. The minimum atomic E-state index is 0.285. The van der Waals surface area contributed by atoms with Gasteiger partial charge in [-0.05, 0) is 32.7 Å². The van der Waals surface area contributed by atoms with Gasteiger partial charge < -0.3 is 10.4 Å². The van der Waals surface area contributed by atoms with Crippen molar-refractivity contribution in [1.29, 1.82) is 5.26 Å². The lowest BCUT2D eigenvalue weighted by molar-refractivity contribution is 0.282. The number of hydrogen-bond donors (Lipinski definition) is 2. The molecule has 12 heavy (non-hydrogen) atoms. The van der Waals surface area contributed by atoms with Crippen LogP contribution in [-0.2, 0) is 0 Å². The highest BCUT2D eigenvalue weighted by Crippen LogP contribution is 1.94. The van der Waals surface area contributed by atoms with E-state index < -0.39 is 0 Å². The molecule has 70 valence electrons. The largest absolute Gasteiger partial charge is 0.396 e. The summed E-state index contributed by atoms with van der Waals surface area (Å²) in [6.45, 7) is 3.24. The van der Waals surface area contributed by atoms with Crippen LogP contribution in [-0.4, -0.2) is 24.3 Å². The second kappa shape index (κ2) is 8.51. The summed E-state index contributed by atoms with van der Waals surface area (Å²) in [6, 6.07) is 2.41. The molecule has 0 saturated carbocycles. The van der Waals surface area contributed by atoms with Crippen molar-refractivity contribution in [1.82, 2.24) is 5.32 Å². The van der Waals surface area contributed by atoms with Crippen LogP contribution >= 0.6 is 0 Å². The lowest BCUT2D eigenvalue weighted by atomic mass is 10.2. The Hall–Kier alpha value is -0.590. The number of aliphatic hydroxyl groups excluding tert-OH is 1. The van der Waals surface area contributed by atoms with Gasteiger partial charge >= 0.3 is 0 Å². The maximum atomic E-state index is 8.50. The van der Waals surface area contributed by atoms with Crippen molar-refractivity contribution in [2.75, 3.05) is 13.2 Å². The fourth-order valence-corrected chi connectivity index (χ4v) is 0.971. The van der Waals surface area contributed by atoms with E-state index in [2.05, 4.69) is 11.4 Å². The van der Waals surface area contributed by atoms with Crippen LogP contribution in [0.5, 0.6) is 0 Å². The zero-order valence-electron chi connectivity index (χ0n) is 7.71. The Labute approximate surface area is 74.4 Å². The zero-order chi connectivity index (χ0) is 9.23. The van der Waals surface area contributed by atoms with Gasteiger partial charge in [0.25, 0.3) is 0 Å². The van der Waals surface area contributed by atoms with Gasteiger partial charge in [0, 0.05) is 12.6 Å². The van der Waals surface area contributed by atoms with Crippen LogP contribution in [0.2, 0.25) is 0 Å². The minimum Gasteiger partial charge on any atom is -0.396 e. The molecular weight excluding hydrogens is 152 g/mol. The molecular formula is C9H18N2O. The van der Waals surface area contributed by atoms with Crippen molar-refractivity contribution in [3.63, 3.8) is 0 Å². The molecule has 0 aromatic rings. The third kappa shape index (κ3) is 7.52. The fourth-order valence-electron chi connectivity index (χ4n) is 0.971. The van der Waals surface area contributed by atoms with Crippen LogP contribution in [0, 0.1) is 11.3 Å². The van der Waals surface area contributed by atoms with Gasteiger partial charge in [-0.3, -0.25) is 0 Å². The Morgan fingerprint density at radius 1 is 1.42 bits per heavy atom. The molecule has 0 aliphatic carbocycles. The summed E-state index contributed by atoms with van der Waals surface area (Å²) >= 11 is 0. The standard InChI is InChI=1S/C9H18N2O/c1-9(5-6-10)11-7-3-2-4-8-12/h9,11-12H,2-5,7-8H2,1H3. The summed E-state index contributed by atoms with van der Waals surface area (Å²) in [6.07, 6.45) is 3.59. The van der Waals surface area contributed by atoms with Crippen molar-refractivity contribution >= 4 is 0 Å².